The van der Waals surface area contributed by atoms with E-state index in [9.17, 15) is 18.0 Å². The Kier molecular flexibility index (Phi) is 4.96. The zero-order chi connectivity index (χ0) is 18.4. The van der Waals surface area contributed by atoms with Gasteiger partial charge in [0.05, 0.1) is 12.1 Å². The first-order chi connectivity index (χ1) is 11.7. The van der Waals surface area contributed by atoms with Crippen LogP contribution in [-0.2, 0) is 11.0 Å². The second kappa shape index (κ2) is 6.74. The summed E-state index contributed by atoms with van der Waals surface area (Å²) in [4.78, 5) is 14.2. The highest BCUT2D eigenvalue weighted by Crippen LogP contribution is 2.44. The first-order valence-corrected chi connectivity index (χ1v) is 9.47. The van der Waals surface area contributed by atoms with Gasteiger partial charge in [0.2, 0.25) is 16.0 Å². The molecule has 0 spiro atoms. The third-order valence-corrected chi connectivity index (χ3v) is 6.39. The molecule has 1 N–H and O–H groups in total. The number of carbonyl (C=O) groups excluding carboxylic acids is 1. The minimum Gasteiger partial charge on any atom is -0.351 e. The van der Waals surface area contributed by atoms with E-state index in [1.54, 1.807) is 0 Å². The monoisotopic (exact) mass is 376 g/mol. The van der Waals surface area contributed by atoms with Crippen molar-refractivity contribution in [3.05, 3.63) is 5.01 Å². The van der Waals surface area contributed by atoms with Crippen molar-refractivity contribution in [2.24, 2.45) is 11.8 Å². The maximum atomic E-state index is 12.8. The number of amides is 1. The van der Waals surface area contributed by atoms with E-state index in [1.165, 1.54) is 0 Å². The van der Waals surface area contributed by atoms with Crippen molar-refractivity contribution < 1.29 is 18.0 Å². The molecule has 3 rings (SSSR count). The smallest absolute Gasteiger partial charge is 0.351 e. The van der Waals surface area contributed by atoms with E-state index in [0.29, 0.717) is 34.7 Å². The van der Waals surface area contributed by atoms with Crippen LogP contribution in [0.5, 0.6) is 0 Å². The SMILES string of the molecule is CC(C)C(C)CC(=O)N[C@@H]1C[C@@H]2CC[C@H]1N2c1nnc(C(F)(F)F)s1. The summed E-state index contributed by atoms with van der Waals surface area (Å²) in [5.74, 6) is 0.753. The van der Waals surface area contributed by atoms with Gasteiger partial charge < -0.3 is 10.2 Å². The van der Waals surface area contributed by atoms with Gasteiger partial charge in [-0.15, -0.1) is 10.2 Å². The Labute approximate surface area is 149 Å². The number of fused-ring (bicyclic) bond motifs is 2. The van der Waals surface area contributed by atoms with Crippen molar-refractivity contribution >= 4 is 22.4 Å². The second-order valence-electron chi connectivity index (χ2n) is 7.43. The van der Waals surface area contributed by atoms with Gasteiger partial charge in [-0.3, -0.25) is 4.79 Å². The van der Waals surface area contributed by atoms with Crippen LogP contribution in [0, 0.1) is 11.8 Å². The molecule has 2 aliphatic rings. The van der Waals surface area contributed by atoms with Crippen LogP contribution in [0.1, 0.15) is 51.5 Å². The molecular formula is C16H23F3N4OS. The Hall–Kier alpha value is -1.38. The lowest BCUT2D eigenvalue weighted by Crippen LogP contribution is -2.44. The molecule has 2 bridgehead atoms. The number of halogens is 3. The molecule has 1 aromatic heterocycles. The Balaban J connectivity index is 1.66. The van der Waals surface area contributed by atoms with Crippen LogP contribution in [0.25, 0.3) is 0 Å². The summed E-state index contributed by atoms with van der Waals surface area (Å²) < 4.78 is 38.3. The van der Waals surface area contributed by atoms with Gasteiger partial charge in [0.1, 0.15) is 0 Å². The molecule has 1 amide bonds. The molecule has 25 heavy (non-hydrogen) atoms. The number of anilines is 1. The summed E-state index contributed by atoms with van der Waals surface area (Å²) in [5, 5.41) is 9.52. The lowest BCUT2D eigenvalue weighted by atomic mass is 9.92. The van der Waals surface area contributed by atoms with Gasteiger partial charge in [0, 0.05) is 12.5 Å². The highest BCUT2D eigenvalue weighted by atomic mass is 32.1. The first-order valence-electron chi connectivity index (χ1n) is 8.65. The second-order valence-corrected chi connectivity index (χ2v) is 8.38. The molecule has 2 fully saturated rings. The van der Waals surface area contributed by atoms with Crippen molar-refractivity contribution in [2.45, 2.75) is 70.8 Å². The minimum absolute atomic E-state index is 0.0114. The molecule has 2 saturated heterocycles. The van der Waals surface area contributed by atoms with Crippen LogP contribution in [0.3, 0.4) is 0 Å². The molecule has 0 saturated carbocycles. The van der Waals surface area contributed by atoms with E-state index in [4.69, 9.17) is 0 Å². The number of alkyl halides is 3. The number of rotatable bonds is 5. The van der Waals surface area contributed by atoms with Gasteiger partial charge in [-0.05, 0) is 31.1 Å². The largest absolute Gasteiger partial charge is 0.445 e. The van der Waals surface area contributed by atoms with Crippen molar-refractivity contribution in [1.29, 1.82) is 0 Å². The highest BCUT2D eigenvalue weighted by Gasteiger charge is 2.49. The predicted octanol–water partition coefficient (Wildman–Crippen LogP) is 3.47. The van der Waals surface area contributed by atoms with E-state index in [2.05, 4.69) is 36.3 Å². The van der Waals surface area contributed by atoms with E-state index in [1.807, 2.05) is 4.90 Å². The van der Waals surface area contributed by atoms with Crippen LogP contribution in [-0.4, -0.2) is 34.2 Å². The van der Waals surface area contributed by atoms with Crippen molar-refractivity contribution in [3.8, 4) is 0 Å². The molecule has 140 valence electrons. The molecule has 5 nitrogen and oxygen atoms in total. The quantitative estimate of drug-likeness (QED) is 0.855. The summed E-state index contributed by atoms with van der Waals surface area (Å²) in [7, 11) is 0. The van der Waals surface area contributed by atoms with E-state index in [0.717, 1.165) is 19.3 Å². The molecule has 2 aliphatic heterocycles. The van der Waals surface area contributed by atoms with E-state index >= 15 is 0 Å². The summed E-state index contributed by atoms with van der Waals surface area (Å²) in [5.41, 5.74) is 0. The fourth-order valence-corrected chi connectivity index (χ4v) is 4.51. The van der Waals surface area contributed by atoms with Crippen LogP contribution in [0.15, 0.2) is 0 Å². The molecule has 3 heterocycles. The molecule has 1 unspecified atom stereocenters. The van der Waals surface area contributed by atoms with Gasteiger partial charge in [-0.25, -0.2) is 0 Å². The van der Waals surface area contributed by atoms with Gasteiger partial charge in [-0.2, -0.15) is 13.2 Å². The van der Waals surface area contributed by atoms with Crippen LogP contribution >= 0.6 is 11.3 Å². The van der Waals surface area contributed by atoms with Crippen LogP contribution < -0.4 is 10.2 Å². The summed E-state index contributed by atoms with van der Waals surface area (Å²) >= 11 is 0.586. The third kappa shape index (κ3) is 3.75. The van der Waals surface area contributed by atoms with Gasteiger partial charge >= 0.3 is 6.18 Å². The lowest BCUT2D eigenvalue weighted by molar-refractivity contribution is -0.138. The molecular weight excluding hydrogens is 353 g/mol. The number of carbonyl (C=O) groups is 1. The highest BCUT2D eigenvalue weighted by molar-refractivity contribution is 7.15. The average molecular weight is 376 g/mol. The van der Waals surface area contributed by atoms with E-state index < -0.39 is 11.2 Å². The zero-order valence-corrected chi connectivity index (χ0v) is 15.3. The standard InChI is InChI=1S/C16H23F3N4OS/c1-8(2)9(3)6-13(24)20-11-7-10-4-5-12(11)23(10)15-22-21-14(25-15)16(17,18)19/h8-12H,4-7H2,1-3H3,(H,20,24)/t9?,10-,11+,12+/m0/s1. The summed E-state index contributed by atoms with van der Waals surface area (Å²) in [6.45, 7) is 6.23. The zero-order valence-electron chi connectivity index (χ0n) is 14.5. The number of hydrogen-bond donors (Lipinski definition) is 1. The van der Waals surface area contributed by atoms with Crippen molar-refractivity contribution in [1.82, 2.24) is 15.5 Å². The fourth-order valence-electron chi connectivity index (χ4n) is 3.67. The Morgan fingerprint density at radius 2 is 2.04 bits per heavy atom. The molecule has 9 heteroatoms. The Bertz CT molecular complexity index is 633. The number of nitrogens with one attached hydrogen (secondary N) is 1. The molecule has 0 aliphatic carbocycles. The molecule has 1 aromatic rings. The van der Waals surface area contributed by atoms with Crippen LogP contribution in [0.4, 0.5) is 18.3 Å². The third-order valence-electron chi connectivity index (χ3n) is 5.41. The maximum absolute atomic E-state index is 12.8. The Morgan fingerprint density at radius 3 is 2.64 bits per heavy atom. The first kappa shape index (κ1) is 18.4. The van der Waals surface area contributed by atoms with E-state index in [-0.39, 0.29) is 24.0 Å². The summed E-state index contributed by atoms with van der Waals surface area (Å²) in [6.07, 6.45) is -1.46. The molecule has 0 radical (unpaired) electrons. The predicted molar refractivity (Wildman–Crippen MR) is 89.4 cm³/mol. The minimum atomic E-state index is -4.46. The number of aromatic nitrogens is 2. The normalized spacial score (nSPS) is 27.2. The Morgan fingerprint density at radius 1 is 1.32 bits per heavy atom. The van der Waals surface area contributed by atoms with Gasteiger partial charge in [0.25, 0.3) is 0 Å². The van der Waals surface area contributed by atoms with Crippen molar-refractivity contribution in [3.63, 3.8) is 0 Å². The lowest BCUT2D eigenvalue weighted by Gasteiger charge is -2.25. The maximum Gasteiger partial charge on any atom is 0.445 e. The van der Waals surface area contributed by atoms with Crippen molar-refractivity contribution in [2.75, 3.05) is 4.90 Å². The number of nitrogens with zero attached hydrogens (tertiary/aromatic N) is 3. The topological polar surface area (TPSA) is 58.1 Å². The fraction of sp³-hybridized carbons (Fsp3) is 0.812. The molecule has 4 atom stereocenters. The number of hydrogen-bond acceptors (Lipinski definition) is 5. The van der Waals surface area contributed by atoms with Gasteiger partial charge in [0.15, 0.2) is 0 Å². The molecule has 0 aromatic carbocycles. The average Bonchev–Trinajstić information content (AvgIpc) is 3.18. The van der Waals surface area contributed by atoms with Crippen LogP contribution in [0.2, 0.25) is 0 Å². The van der Waals surface area contributed by atoms with Gasteiger partial charge in [-0.1, -0.05) is 32.1 Å². The summed E-state index contributed by atoms with van der Waals surface area (Å²) in [6, 6.07) is 0.119.